The van der Waals surface area contributed by atoms with E-state index < -0.39 is 0 Å². The number of benzene rings is 1. The van der Waals surface area contributed by atoms with Crippen molar-refractivity contribution in [3.8, 4) is 0 Å². The van der Waals surface area contributed by atoms with Gasteiger partial charge in [-0.05, 0) is 18.6 Å². The highest BCUT2D eigenvalue weighted by molar-refractivity contribution is 5.51. The molecule has 0 saturated carbocycles. The Labute approximate surface area is 102 Å². The summed E-state index contributed by atoms with van der Waals surface area (Å²) in [6, 6.07) is 12.5. The Morgan fingerprint density at radius 1 is 1.12 bits per heavy atom. The van der Waals surface area contributed by atoms with Crippen LogP contribution in [0.4, 0.5) is 11.5 Å². The SMILES string of the molecule is CNc1cc(NCc2ccc(C)cc2)ccn1. The summed E-state index contributed by atoms with van der Waals surface area (Å²) >= 11 is 0. The van der Waals surface area contributed by atoms with Crippen LogP contribution in [0.25, 0.3) is 0 Å². The van der Waals surface area contributed by atoms with Crippen LogP contribution in [0.1, 0.15) is 11.1 Å². The molecule has 0 spiro atoms. The van der Waals surface area contributed by atoms with Crippen molar-refractivity contribution in [3.05, 3.63) is 53.7 Å². The van der Waals surface area contributed by atoms with Gasteiger partial charge in [0, 0.05) is 31.5 Å². The second-order valence-electron chi connectivity index (χ2n) is 4.02. The molecule has 0 atom stereocenters. The molecule has 0 radical (unpaired) electrons. The maximum absolute atomic E-state index is 4.17. The first kappa shape index (κ1) is 11.5. The number of hydrogen-bond acceptors (Lipinski definition) is 3. The van der Waals surface area contributed by atoms with Gasteiger partial charge >= 0.3 is 0 Å². The van der Waals surface area contributed by atoms with Crippen molar-refractivity contribution in [3.63, 3.8) is 0 Å². The molecule has 2 aromatic rings. The monoisotopic (exact) mass is 227 g/mol. The molecule has 0 unspecified atom stereocenters. The van der Waals surface area contributed by atoms with Crippen LogP contribution in [0.15, 0.2) is 42.6 Å². The third-order valence-corrected chi connectivity index (χ3v) is 2.63. The van der Waals surface area contributed by atoms with E-state index in [1.165, 1.54) is 11.1 Å². The lowest BCUT2D eigenvalue weighted by atomic mass is 10.1. The van der Waals surface area contributed by atoms with Crippen LogP contribution in [-0.4, -0.2) is 12.0 Å². The highest BCUT2D eigenvalue weighted by atomic mass is 15.0. The van der Waals surface area contributed by atoms with Crippen molar-refractivity contribution >= 4 is 11.5 Å². The first-order valence-electron chi connectivity index (χ1n) is 5.71. The van der Waals surface area contributed by atoms with Crippen molar-refractivity contribution in [2.75, 3.05) is 17.7 Å². The van der Waals surface area contributed by atoms with Crippen LogP contribution >= 0.6 is 0 Å². The summed E-state index contributed by atoms with van der Waals surface area (Å²) in [6.45, 7) is 2.92. The maximum Gasteiger partial charge on any atom is 0.127 e. The van der Waals surface area contributed by atoms with E-state index in [1.807, 2.05) is 19.2 Å². The topological polar surface area (TPSA) is 37.0 Å². The normalized spacial score (nSPS) is 10.0. The number of hydrogen-bond donors (Lipinski definition) is 2. The van der Waals surface area contributed by atoms with Gasteiger partial charge in [-0.15, -0.1) is 0 Å². The van der Waals surface area contributed by atoms with E-state index in [2.05, 4.69) is 46.8 Å². The lowest BCUT2D eigenvalue weighted by Crippen LogP contribution is -2.00. The van der Waals surface area contributed by atoms with E-state index in [0.29, 0.717) is 0 Å². The molecule has 0 fully saturated rings. The number of pyridine rings is 1. The molecule has 1 heterocycles. The van der Waals surface area contributed by atoms with E-state index in [9.17, 15) is 0 Å². The van der Waals surface area contributed by atoms with Crippen LogP contribution in [0, 0.1) is 6.92 Å². The minimum atomic E-state index is 0.827. The molecular formula is C14H17N3. The minimum Gasteiger partial charge on any atom is -0.381 e. The second-order valence-corrected chi connectivity index (χ2v) is 4.02. The van der Waals surface area contributed by atoms with E-state index in [1.54, 1.807) is 6.20 Å². The molecule has 3 nitrogen and oxygen atoms in total. The Balaban J connectivity index is 1.99. The van der Waals surface area contributed by atoms with Crippen molar-refractivity contribution < 1.29 is 0 Å². The molecule has 1 aromatic heterocycles. The first-order valence-corrected chi connectivity index (χ1v) is 5.71. The van der Waals surface area contributed by atoms with Gasteiger partial charge in [-0.3, -0.25) is 0 Å². The molecule has 88 valence electrons. The minimum absolute atomic E-state index is 0.827. The quantitative estimate of drug-likeness (QED) is 0.843. The first-order chi connectivity index (χ1) is 8.28. The summed E-state index contributed by atoms with van der Waals surface area (Å²) in [5.41, 5.74) is 3.64. The molecule has 0 aliphatic rings. The average Bonchev–Trinajstić information content (AvgIpc) is 2.38. The van der Waals surface area contributed by atoms with Gasteiger partial charge in [0.25, 0.3) is 0 Å². The number of nitrogens with zero attached hydrogens (tertiary/aromatic N) is 1. The number of rotatable bonds is 4. The number of anilines is 2. The van der Waals surface area contributed by atoms with Crippen molar-refractivity contribution in [1.82, 2.24) is 4.98 Å². The van der Waals surface area contributed by atoms with Gasteiger partial charge in [-0.25, -0.2) is 4.98 Å². The van der Waals surface area contributed by atoms with Crippen LogP contribution in [0.5, 0.6) is 0 Å². The lowest BCUT2D eigenvalue weighted by molar-refractivity contribution is 1.14. The third kappa shape index (κ3) is 3.21. The fourth-order valence-electron chi connectivity index (χ4n) is 1.59. The summed E-state index contributed by atoms with van der Waals surface area (Å²) in [7, 11) is 1.87. The number of nitrogens with one attached hydrogen (secondary N) is 2. The summed E-state index contributed by atoms with van der Waals surface area (Å²) < 4.78 is 0. The van der Waals surface area contributed by atoms with Gasteiger partial charge in [0.1, 0.15) is 5.82 Å². The van der Waals surface area contributed by atoms with Crippen molar-refractivity contribution in [1.29, 1.82) is 0 Å². The van der Waals surface area contributed by atoms with Crippen LogP contribution in [0.3, 0.4) is 0 Å². The molecule has 2 N–H and O–H groups in total. The summed E-state index contributed by atoms with van der Waals surface area (Å²) in [6.07, 6.45) is 1.79. The number of aryl methyl sites for hydroxylation is 1. The molecule has 0 saturated heterocycles. The van der Waals surface area contributed by atoms with Crippen molar-refractivity contribution in [2.24, 2.45) is 0 Å². The Hall–Kier alpha value is -2.03. The largest absolute Gasteiger partial charge is 0.381 e. The zero-order chi connectivity index (χ0) is 12.1. The highest BCUT2D eigenvalue weighted by Crippen LogP contribution is 2.13. The lowest BCUT2D eigenvalue weighted by Gasteiger charge is -2.08. The zero-order valence-electron chi connectivity index (χ0n) is 10.2. The van der Waals surface area contributed by atoms with E-state index in [4.69, 9.17) is 0 Å². The predicted molar refractivity (Wildman–Crippen MR) is 72.3 cm³/mol. The molecular weight excluding hydrogens is 210 g/mol. The second kappa shape index (κ2) is 5.34. The van der Waals surface area contributed by atoms with E-state index in [-0.39, 0.29) is 0 Å². The molecule has 2 rings (SSSR count). The molecule has 0 aliphatic heterocycles. The summed E-state index contributed by atoms with van der Waals surface area (Å²) in [5, 5.41) is 6.40. The zero-order valence-corrected chi connectivity index (χ0v) is 10.2. The molecule has 0 bridgehead atoms. The number of aromatic nitrogens is 1. The molecule has 0 aliphatic carbocycles. The smallest absolute Gasteiger partial charge is 0.127 e. The van der Waals surface area contributed by atoms with Gasteiger partial charge in [0.2, 0.25) is 0 Å². The summed E-state index contributed by atoms with van der Waals surface area (Å²) in [4.78, 5) is 4.17. The average molecular weight is 227 g/mol. The predicted octanol–water partition coefficient (Wildman–Crippen LogP) is 3.04. The van der Waals surface area contributed by atoms with Crippen molar-refractivity contribution in [2.45, 2.75) is 13.5 Å². The van der Waals surface area contributed by atoms with Gasteiger partial charge in [0.05, 0.1) is 0 Å². The third-order valence-electron chi connectivity index (χ3n) is 2.63. The van der Waals surface area contributed by atoms with E-state index in [0.717, 1.165) is 18.1 Å². The molecule has 0 amide bonds. The summed E-state index contributed by atoms with van der Waals surface area (Å²) in [5.74, 6) is 0.874. The van der Waals surface area contributed by atoms with Gasteiger partial charge in [-0.1, -0.05) is 29.8 Å². The molecule has 1 aromatic carbocycles. The molecule has 17 heavy (non-hydrogen) atoms. The molecule has 3 heteroatoms. The van der Waals surface area contributed by atoms with Gasteiger partial charge in [-0.2, -0.15) is 0 Å². The fourth-order valence-corrected chi connectivity index (χ4v) is 1.59. The maximum atomic E-state index is 4.17. The Bertz CT molecular complexity index is 477. The van der Waals surface area contributed by atoms with Gasteiger partial charge < -0.3 is 10.6 Å². The van der Waals surface area contributed by atoms with Crippen LogP contribution < -0.4 is 10.6 Å². The van der Waals surface area contributed by atoms with E-state index >= 15 is 0 Å². The Morgan fingerprint density at radius 2 is 1.88 bits per heavy atom. The fraction of sp³-hybridized carbons (Fsp3) is 0.214. The van der Waals surface area contributed by atoms with Crippen LogP contribution in [0.2, 0.25) is 0 Å². The highest BCUT2D eigenvalue weighted by Gasteiger charge is 1.96. The standard InChI is InChI=1S/C14H17N3/c1-11-3-5-12(6-4-11)10-17-13-7-8-16-14(9-13)15-2/h3-9H,10H2,1-2H3,(H2,15,16,17). The Kier molecular flexibility index (Phi) is 3.60. The van der Waals surface area contributed by atoms with Gasteiger partial charge in [0.15, 0.2) is 0 Å². The van der Waals surface area contributed by atoms with Crippen LogP contribution in [-0.2, 0) is 6.54 Å². The Morgan fingerprint density at radius 3 is 2.59 bits per heavy atom.